The Morgan fingerprint density at radius 3 is 2.86 bits per heavy atom. The fourth-order valence-corrected chi connectivity index (χ4v) is 0.830. The van der Waals surface area contributed by atoms with Gasteiger partial charge in [0.15, 0.2) is 0 Å². The third-order valence-electron chi connectivity index (χ3n) is 1.49. The molecule has 0 radical (unpaired) electrons. The predicted molar refractivity (Wildman–Crippen MR) is 48.5 cm³/mol. The average molecular weight is 196 g/mol. The third kappa shape index (κ3) is 2.44. The van der Waals surface area contributed by atoms with Gasteiger partial charge in [-0.25, -0.2) is 9.78 Å². The van der Waals surface area contributed by atoms with Crippen molar-refractivity contribution >= 4 is 17.9 Å². The Kier molecular flexibility index (Phi) is 3.01. The normalized spacial score (nSPS) is 10.4. The van der Waals surface area contributed by atoms with E-state index in [0.29, 0.717) is 5.69 Å². The molecule has 6 nitrogen and oxygen atoms in total. The lowest BCUT2D eigenvalue weighted by molar-refractivity contribution is -0.389. The van der Waals surface area contributed by atoms with Gasteiger partial charge in [0, 0.05) is 12.1 Å². The number of aromatic nitrogens is 1. The number of nitro groups is 1. The number of nitrogens with zero attached hydrogens (tertiary/aromatic N) is 1. The largest absolute Gasteiger partial charge is 0.466 e. The van der Waals surface area contributed by atoms with Crippen LogP contribution in [0.5, 0.6) is 0 Å². The van der Waals surface area contributed by atoms with E-state index in [9.17, 15) is 14.9 Å². The standard InChI is InChI=1S/C8H8N2O4/c1-14-8(11)5-3-6-2-4-7(9-6)10(12)13/h2-5,9H,1H3. The SMILES string of the molecule is COC(=O)C=Cc1ccc([N+](=O)[O-])[nH]1. The van der Waals surface area contributed by atoms with Gasteiger partial charge in [-0.3, -0.25) is 0 Å². The molecule has 1 aromatic rings. The lowest BCUT2D eigenvalue weighted by Crippen LogP contribution is -1.93. The van der Waals surface area contributed by atoms with Crippen LogP contribution >= 0.6 is 0 Å². The summed E-state index contributed by atoms with van der Waals surface area (Å²) in [5.74, 6) is -0.628. The van der Waals surface area contributed by atoms with Gasteiger partial charge in [0.25, 0.3) is 0 Å². The summed E-state index contributed by atoms with van der Waals surface area (Å²) in [6.45, 7) is 0. The molecular formula is C8H8N2O4. The fourth-order valence-electron chi connectivity index (χ4n) is 0.830. The van der Waals surface area contributed by atoms with Crippen LogP contribution in [0.3, 0.4) is 0 Å². The van der Waals surface area contributed by atoms with Crippen LogP contribution in [0.2, 0.25) is 0 Å². The highest BCUT2D eigenvalue weighted by molar-refractivity contribution is 5.86. The molecule has 1 N–H and O–H groups in total. The number of aromatic amines is 1. The highest BCUT2D eigenvalue weighted by Crippen LogP contribution is 2.10. The maximum atomic E-state index is 10.7. The molecule has 0 atom stereocenters. The third-order valence-corrected chi connectivity index (χ3v) is 1.49. The smallest absolute Gasteiger partial charge is 0.330 e. The van der Waals surface area contributed by atoms with Crippen LogP contribution in [-0.2, 0) is 9.53 Å². The topological polar surface area (TPSA) is 85.2 Å². The maximum absolute atomic E-state index is 10.7. The average Bonchev–Trinajstić information content (AvgIpc) is 2.62. The van der Waals surface area contributed by atoms with Crippen molar-refractivity contribution < 1.29 is 14.5 Å². The lowest BCUT2D eigenvalue weighted by atomic mass is 10.4. The van der Waals surface area contributed by atoms with Gasteiger partial charge >= 0.3 is 11.8 Å². The number of hydrogen-bond acceptors (Lipinski definition) is 4. The van der Waals surface area contributed by atoms with Crippen LogP contribution in [0.15, 0.2) is 18.2 Å². The molecule has 74 valence electrons. The van der Waals surface area contributed by atoms with E-state index in [1.165, 1.54) is 31.4 Å². The minimum absolute atomic E-state index is 0.116. The molecule has 0 saturated heterocycles. The molecule has 14 heavy (non-hydrogen) atoms. The van der Waals surface area contributed by atoms with Crippen molar-refractivity contribution in [3.8, 4) is 0 Å². The van der Waals surface area contributed by atoms with Gasteiger partial charge in [0.1, 0.15) is 5.69 Å². The Balaban J connectivity index is 2.73. The molecule has 0 aliphatic carbocycles. The van der Waals surface area contributed by atoms with Crippen molar-refractivity contribution in [2.75, 3.05) is 7.11 Å². The summed E-state index contributed by atoms with van der Waals surface area (Å²) < 4.78 is 4.35. The quantitative estimate of drug-likeness (QED) is 0.339. The molecule has 0 bridgehead atoms. The van der Waals surface area contributed by atoms with Gasteiger partial charge in [0.05, 0.1) is 7.11 Å². The molecular weight excluding hydrogens is 188 g/mol. The van der Waals surface area contributed by atoms with Gasteiger partial charge < -0.3 is 14.9 Å². The van der Waals surface area contributed by atoms with Gasteiger partial charge in [-0.1, -0.05) is 0 Å². The van der Waals surface area contributed by atoms with Gasteiger partial charge in [-0.2, -0.15) is 0 Å². The number of esters is 1. The van der Waals surface area contributed by atoms with Crippen LogP contribution < -0.4 is 0 Å². The number of methoxy groups -OCH3 is 1. The van der Waals surface area contributed by atoms with Crippen LogP contribution in [0, 0.1) is 10.1 Å². The van der Waals surface area contributed by atoms with Crippen LogP contribution in [-0.4, -0.2) is 23.0 Å². The van der Waals surface area contributed by atoms with E-state index in [0.717, 1.165) is 0 Å². The maximum Gasteiger partial charge on any atom is 0.330 e. The highest BCUT2D eigenvalue weighted by Gasteiger charge is 2.05. The summed E-state index contributed by atoms with van der Waals surface area (Å²) >= 11 is 0. The fraction of sp³-hybridized carbons (Fsp3) is 0.125. The van der Waals surface area contributed by atoms with Crippen molar-refractivity contribution in [3.63, 3.8) is 0 Å². The van der Waals surface area contributed by atoms with E-state index in [1.807, 2.05) is 0 Å². The second kappa shape index (κ2) is 4.22. The van der Waals surface area contributed by atoms with Gasteiger partial charge in [-0.05, 0) is 17.1 Å². The van der Waals surface area contributed by atoms with Crippen LogP contribution in [0.1, 0.15) is 5.69 Å². The van der Waals surface area contributed by atoms with Crippen LogP contribution in [0.4, 0.5) is 5.82 Å². The number of ether oxygens (including phenoxy) is 1. The van der Waals surface area contributed by atoms with Crippen molar-refractivity contribution in [2.24, 2.45) is 0 Å². The van der Waals surface area contributed by atoms with E-state index >= 15 is 0 Å². The molecule has 1 heterocycles. The highest BCUT2D eigenvalue weighted by atomic mass is 16.6. The number of rotatable bonds is 3. The Bertz CT molecular complexity index is 380. The first-order valence-electron chi connectivity index (χ1n) is 3.73. The van der Waals surface area contributed by atoms with E-state index < -0.39 is 10.9 Å². The Morgan fingerprint density at radius 1 is 1.64 bits per heavy atom. The summed E-state index contributed by atoms with van der Waals surface area (Å²) in [6.07, 6.45) is 2.58. The number of nitrogens with one attached hydrogen (secondary N) is 1. The van der Waals surface area contributed by atoms with E-state index in [-0.39, 0.29) is 5.82 Å². The zero-order valence-corrected chi connectivity index (χ0v) is 7.39. The molecule has 0 aliphatic rings. The molecule has 0 aromatic carbocycles. The zero-order chi connectivity index (χ0) is 10.6. The molecule has 1 rings (SSSR count). The Labute approximate surface area is 79.3 Å². The Hall–Kier alpha value is -2.11. The minimum Gasteiger partial charge on any atom is -0.466 e. The van der Waals surface area contributed by atoms with E-state index in [1.54, 1.807) is 0 Å². The van der Waals surface area contributed by atoms with Crippen molar-refractivity contribution in [1.29, 1.82) is 0 Å². The first-order valence-corrected chi connectivity index (χ1v) is 3.73. The summed E-state index contributed by atoms with van der Waals surface area (Å²) in [5, 5.41) is 10.3. The molecule has 0 saturated carbocycles. The number of H-pyrrole nitrogens is 1. The summed E-state index contributed by atoms with van der Waals surface area (Å²) in [5.41, 5.74) is 0.474. The molecule has 1 aromatic heterocycles. The first kappa shape index (κ1) is 9.97. The predicted octanol–water partition coefficient (Wildman–Crippen LogP) is 1.11. The summed E-state index contributed by atoms with van der Waals surface area (Å²) in [7, 11) is 1.25. The van der Waals surface area contributed by atoms with Crippen LogP contribution in [0.25, 0.3) is 6.08 Å². The number of carbonyl (C=O) groups excluding carboxylic acids is 1. The zero-order valence-electron chi connectivity index (χ0n) is 7.39. The molecule has 0 spiro atoms. The minimum atomic E-state index is -0.546. The van der Waals surface area contributed by atoms with E-state index in [2.05, 4.69) is 9.72 Å². The summed E-state index contributed by atoms with van der Waals surface area (Å²) in [6, 6.07) is 2.81. The molecule has 0 unspecified atom stereocenters. The monoisotopic (exact) mass is 196 g/mol. The number of hydrogen-bond donors (Lipinski definition) is 1. The van der Waals surface area contributed by atoms with Crippen molar-refractivity contribution in [2.45, 2.75) is 0 Å². The number of carbonyl (C=O) groups is 1. The first-order chi connectivity index (χ1) is 6.63. The molecule has 0 fully saturated rings. The lowest BCUT2D eigenvalue weighted by Gasteiger charge is -1.88. The summed E-state index contributed by atoms with van der Waals surface area (Å²) in [4.78, 5) is 22.9. The van der Waals surface area contributed by atoms with Crippen molar-refractivity contribution in [1.82, 2.24) is 4.98 Å². The molecule has 6 heteroatoms. The van der Waals surface area contributed by atoms with Gasteiger partial charge in [0.2, 0.25) is 0 Å². The molecule has 0 aliphatic heterocycles. The second-order valence-corrected chi connectivity index (χ2v) is 2.41. The van der Waals surface area contributed by atoms with Gasteiger partial charge in [-0.15, -0.1) is 0 Å². The second-order valence-electron chi connectivity index (χ2n) is 2.41. The molecule has 0 amide bonds. The Morgan fingerprint density at radius 2 is 2.36 bits per heavy atom. The van der Waals surface area contributed by atoms with E-state index in [4.69, 9.17) is 0 Å². The van der Waals surface area contributed by atoms with Crippen molar-refractivity contribution in [3.05, 3.63) is 34.0 Å².